The van der Waals surface area contributed by atoms with E-state index in [1.807, 2.05) is 30.3 Å². The lowest BCUT2D eigenvalue weighted by Crippen LogP contribution is -2.31. The Balaban J connectivity index is 1.32. The third kappa shape index (κ3) is 4.83. The van der Waals surface area contributed by atoms with Crippen molar-refractivity contribution in [2.75, 3.05) is 19.6 Å². The molecule has 2 heterocycles. The van der Waals surface area contributed by atoms with E-state index in [2.05, 4.69) is 71.2 Å². The minimum Gasteiger partial charge on any atom is -0.361 e. The average molecular weight is 496 g/mol. The summed E-state index contributed by atoms with van der Waals surface area (Å²) >= 11 is 6.20. The van der Waals surface area contributed by atoms with Gasteiger partial charge in [0.1, 0.15) is 5.60 Å². The first-order valence-electron chi connectivity index (χ1n) is 12.4. The molecule has 1 atom stereocenters. The van der Waals surface area contributed by atoms with E-state index in [1.165, 1.54) is 16.5 Å². The van der Waals surface area contributed by atoms with Crippen LogP contribution in [-0.4, -0.2) is 29.5 Å². The smallest absolute Gasteiger partial charge is 0.119 e. The van der Waals surface area contributed by atoms with Crippen LogP contribution in [-0.2, 0) is 23.4 Å². The van der Waals surface area contributed by atoms with E-state index in [9.17, 15) is 5.26 Å². The zero-order valence-corrected chi connectivity index (χ0v) is 21.1. The molecular weight excluding hydrogens is 466 g/mol. The molecule has 0 radical (unpaired) electrons. The standard InChI is InChI=1S/C31H30ClN3O/c1-2-16-35(18-14-24-21-34-30-7-4-3-6-28(24)30)17-5-15-31(26-9-11-27(32)12-10-26)29-13-8-23(20-33)19-25(29)22-36-31/h2-4,6-13,19,21,34H,1,5,14-18,22H2. The lowest BCUT2D eigenvalue weighted by Gasteiger charge is -2.32. The van der Waals surface area contributed by atoms with Crippen molar-refractivity contribution in [3.63, 3.8) is 0 Å². The highest BCUT2D eigenvalue weighted by molar-refractivity contribution is 6.30. The summed E-state index contributed by atoms with van der Waals surface area (Å²) in [5.41, 5.74) is 6.00. The Hall–Kier alpha value is -3.36. The maximum Gasteiger partial charge on any atom is 0.119 e. The fourth-order valence-electron chi connectivity index (χ4n) is 5.41. The fourth-order valence-corrected chi connectivity index (χ4v) is 5.54. The molecule has 1 unspecified atom stereocenters. The first-order valence-corrected chi connectivity index (χ1v) is 12.8. The van der Waals surface area contributed by atoms with Crippen LogP contribution >= 0.6 is 11.6 Å². The quantitative estimate of drug-likeness (QED) is 0.241. The van der Waals surface area contributed by atoms with Gasteiger partial charge in [-0.1, -0.05) is 54.1 Å². The largest absolute Gasteiger partial charge is 0.361 e. The van der Waals surface area contributed by atoms with Gasteiger partial charge in [0.2, 0.25) is 0 Å². The van der Waals surface area contributed by atoms with Crippen molar-refractivity contribution in [1.29, 1.82) is 5.26 Å². The molecule has 1 aliphatic rings. The van der Waals surface area contributed by atoms with Gasteiger partial charge in [-0.25, -0.2) is 0 Å². The summed E-state index contributed by atoms with van der Waals surface area (Å²) in [7, 11) is 0. The van der Waals surface area contributed by atoms with Crippen molar-refractivity contribution in [1.82, 2.24) is 9.88 Å². The number of H-pyrrole nitrogens is 1. The number of halogens is 1. The highest BCUT2D eigenvalue weighted by Gasteiger charge is 2.41. The third-order valence-corrected chi connectivity index (χ3v) is 7.47. The molecule has 0 saturated heterocycles. The van der Waals surface area contributed by atoms with Crippen LogP contribution in [0.3, 0.4) is 0 Å². The maximum absolute atomic E-state index is 9.36. The van der Waals surface area contributed by atoms with E-state index in [-0.39, 0.29) is 0 Å². The van der Waals surface area contributed by atoms with Gasteiger partial charge in [-0.05, 0) is 78.4 Å². The number of hydrogen-bond donors (Lipinski definition) is 1. The van der Waals surface area contributed by atoms with Gasteiger partial charge in [0.25, 0.3) is 0 Å². The summed E-state index contributed by atoms with van der Waals surface area (Å²) in [6.45, 7) is 7.24. The molecule has 36 heavy (non-hydrogen) atoms. The Morgan fingerprint density at radius 3 is 2.75 bits per heavy atom. The maximum atomic E-state index is 9.36. The molecule has 1 aliphatic heterocycles. The zero-order valence-electron chi connectivity index (χ0n) is 20.3. The highest BCUT2D eigenvalue weighted by Crippen LogP contribution is 2.45. The lowest BCUT2D eigenvalue weighted by atomic mass is 9.81. The van der Waals surface area contributed by atoms with Crippen molar-refractivity contribution >= 4 is 22.5 Å². The van der Waals surface area contributed by atoms with Crippen LogP contribution in [0.4, 0.5) is 0 Å². The summed E-state index contributed by atoms with van der Waals surface area (Å²) in [5.74, 6) is 0. The minimum absolute atomic E-state index is 0.504. The van der Waals surface area contributed by atoms with Gasteiger partial charge in [-0.2, -0.15) is 5.26 Å². The van der Waals surface area contributed by atoms with Crippen LogP contribution in [0.25, 0.3) is 10.9 Å². The summed E-state index contributed by atoms with van der Waals surface area (Å²) < 4.78 is 6.55. The first kappa shape index (κ1) is 24.3. The predicted molar refractivity (Wildman–Crippen MR) is 146 cm³/mol. The number of hydrogen-bond acceptors (Lipinski definition) is 3. The van der Waals surface area contributed by atoms with E-state index >= 15 is 0 Å². The summed E-state index contributed by atoms with van der Waals surface area (Å²) in [4.78, 5) is 5.84. The van der Waals surface area contributed by atoms with Gasteiger partial charge in [0.05, 0.1) is 18.2 Å². The Labute approximate surface area is 217 Å². The van der Waals surface area contributed by atoms with Gasteiger partial charge in [-0.3, -0.25) is 4.90 Å². The molecule has 1 aromatic heterocycles. The number of nitrogens with zero attached hydrogens (tertiary/aromatic N) is 2. The van der Waals surface area contributed by atoms with E-state index in [1.54, 1.807) is 0 Å². The molecule has 182 valence electrons. The molecular formula is C31H30ClN3O. The fraction of sp³-hybridized carbons (Fsp3) is 0.258. The predicted octanol–water partition coefficient (Wildman–Crippen LogP) is 6.98. The van der Waals surface area contributed by atoms with E-state index in [0.29, 0.717) is 17.2 Å². The Bertz CT molecular complexity index is 1400. The minimum atomic E-state index is -0.537. The van der Waals surface area contributed by atoms with E-state index in [0.717, 1.165) is 55.6 Å². The summed E-state index contributed by atoms with van der Waals surface area (Å²) in [6, 6.07) is 24.6. The second-order valence-corrected chi connectivity index (χ2v) is 9.85. The number of nitrogens with one attached hydrogen (secondary N) is 1. The topological polar surface area (TPSA) is 52.0 Å². The number of ether oxygens (including phenoxy) is 1. The van der Waals surface area contributed by atoms with Crippen LogP contribution in [0.5, 0.6) is 0 Å². The second-order valence-electron chi connectivity index (χ2n) is 9.41. The monoisotopic (exact) mass is 495 g/mol. The highest BCUT2D eigenvalue weighted by atomic mass is 35.5. The molecule has 0 saturated carbocycles. The van der Waals surface area contributed by atoms with E-state index in [4.69, 9.17) is 16.3 Å². The van der Waals surface area contributed by atoms with Crippen LogP contribution in [0.15, 0.2) is 85.6 Å². The van der Waals surface area contributed by atoms with E-state index < -0.39 is 5.60 Å². The van der Waals surface area contributed by atoms with Crippen LogP contribution in [0.1, 0.15) is 40.7 Å². The number of rotatable bonds is 10. The molecule has 1 N–H and O–H groups in total. The van der Waals surface area contributed by atoms with Crippen molar-refractivity contribution < 1.29 is 4.74 Å². The number of aromatic nitrogens is 1. The number of nitriles is 1. The van der Waals surface area contributed by atoms with Gasteiger partial charge in [-0.15, -0.1) is 6.58 Å². The number of para-hydroxylation sites is 1. The summed E-state index contributed by atoms with van der Waals surface area (Å²) in [6.07, 6.45) is 6.90. The van der Waals surface area contributed by atoms with Gasteiger partial charge >= 0.3 is 0 Å². The van der Waals surface area contributed by atoms with Crippen molar-refractivity contribution in [3.05, 3.63) is 118 Å². The lowest BCUT2D eigenvalue weighted by molar-refractivity contribution is -0.0144. The Morgan fingerprint density at radius 1 is 1.11 bits per heavy atom. The molecule has 4 nitrogen and oxygen atoms in total. The van der Waals surface area contributed by atoms with Crippen molar-refractivity contribution in [2.24, 2.45) is 0 Å². The molecule has 0 spiro atoms. The number of aromatic amines is 1. The number of fused-ring (bicyclic) bond motifs is 2. The Kier molecular flexibility index (Phi) is 7.25. The van der Waals surface area contributed by atoms with Gasteiger partial charge in [0.15, 0.2) is 0 Å². The van der Waals surface area contributed by atoms with Crippen LogP contribution < -0.4 is 0 Å². The summed E-state index contributed by atoms with van der Waals surface area (Å²) in [5, 5.41) is 11.4. The SMILES string of the molecule is C=CCN(CCCC1(c2ccc(Cl)cc2)OCc2cc(C#N)ccc21)CCc1c[nH]c2ccccc12. The Morgan fingerprint density at radius 2 is 1.94 bits per heavy atom. The molecule has 0 aliphatic carbocycles. The molecule has 5 rings (SSSR count). The van der Waals surface area contributed by atoms with Crippen LogP contribution in [0, 0.1) is 11.3 Å². The molecule has 4 aromatic rings. The molecule has 5 heteroatoms. The third-order valence-electron chi connectivity index (χ3n) is 7.22. The molecule has 3 aromatic carbocycles. The molecule has 0 amide bonds. The molecule has 0 bridgehead atoms. The van der Waals surface area contributed by atoms with Crippen molar-refractivity contribution in [2.45, 2.75) is 31.5 Å². The van der Waals surface area contributed by atoms with Gasteiger partial charge in [0, 0.05) is 35.2 Å². The zero-order chi connectivity index (χ0) is 25.0. The van der Waals surface area contributed by atoms with Crippen LogP contribution in [0.2, 0.25) is 5.02 Å². The van der Waals surface area contributed by atoms with Gasteiger partial charge < -0.3 is 9.72 Å². The average Bonchev–Trinajstić information content (AvgIpc) is 3.49. The number of benzene rings is 3. The van der Waals surface area contributed by atoms with Crippen molar-refractivity contribution in [3.8, 4) is 6.07 Å². The normalized spacial score (nSPS) is 16.8. The molecule has 0 fully saturated rings. The second kappa shape index (κ2) is 10.7. The first-order chi connectivity index (χ1) is 17.6.